The molecule has 0 N–H and O–H groups in total. The van der Waals surface area contributed by atoms with Crippen molar-refractivity contribution in [2.24, 2.45) is 0 Å². The van der Waals surface area contributed by atoms with Crippen LogP contribution in [-0.2, 0) is 4.74 Å². The molecule has 8 heteroatoms. The zero-order valence-corrected chi connectivity index (χ0v) is 15.7. The van der Waals surface area contributed by atoms with E-state index in [1.54, 1.807) is 19.1 Å². The predicted molar refractivity (Wildman–Crippen MR) is 95.8 cm³/mol. The highest BCUT2D eigenvalue weighted by Gasteiger charge is 2.44. The van der Waals surface area contributed by atoms with Crippen LogP contribution in [0.25, 0.3) is 0 Å². The van der Waals surface area contributed by atoms with Gasteiger partial charge >= 0.3 is 0 Å². The van der Waals surface area contributed by atoms with E-state index >= 15 is 0 Å². The van der Waals surface area contributed by atoms with Crippen molar-refractivity contribution in [2.75, 3.05) is 13.1 Å². The van der Waals surface area contributed by atoms with Gasteiger partial charge in [-0.05, 0) is 38.5 Å². The third kappa shape index (κ3) is 3.17. The van der Waals surface area contributed by atoms with Gasteiger partial charge in [0, 0.05) is 13.1 Å². The number of nitrogens with zero attached hydrogens (tertiary/aromatic N) is 4. The van der Waals surface area contributed by atoms with Crippen LogP contribution in [0.4, 0.5) is 4.39 Å². The minimum Gasteiger partial charge on any atom is -0.373 e. The summed E-state index contributed by atoms with van der Waals surface area (Å²) in [4.78, 5) is 19.6. The van der Waals surface area contributed by atoms with Gasteiger partial charge in [-0.3, -0.25) is 9.69 Å². The second-order valence-electron chi connectivity index (χ2n) is 6.94. The number of aromatic nitrogens is 3. The van der Waals surface area contributed by atoms with Crippen molar-refractivity contribution in [1.29, 1.82) is 0 Å². The molecule has 1 aromatic heterocycles. The summed E-state index contributed by atoms with van der Waals surface area (Å²) in [5, 5.41) is 4.48. The highest BCUT2D eigenvalue weighted by Crippen LogP contribution is 2.41. The highest BCUT2D eigenvalue weighted by molar-refractivity contribution is 8.00. The Kier molecular flexibility index (Phi) is 4.58. The maximum atomic E-state index is 13.5. The molecule has 4 rings (SSSR count). The summed E-state index contributed by atoms with van der Waals surface area (Å²) in [6.07, 6.45) is 0.140. The number of thioether (sulfide) groups is 1. The van der Waals surface area contributed by atoms with Gasteiger partial charge in [-0.1, -0.05) is 23.9 Å². The highest BCUT2D eigenvalue weighted by atomic mass is 32.2. The van der Waals surface area contributed by atoms with E-state index in [-0.39, 0.29) is 35.2 Å². The Hall–Kier alpha value is -1.77. The lowest BCUT2D eigenvalue weighted by Crippen LogP contribution is -2.50. The summed E-state index contributed by atoms with van der Waals surface area (Å²) >= 11 is 1.43. The van der Waals surface area contributed by atoms with E-state index in [2.05, 4.69) is 15.0 Å². The number of aryl methyl sites for hydroxylation is 1. The first-order chi connectivity index (χ1) is 12.4. The molecule has 138 valence electrons. The van der Waals surface area contributed by atoms with Crippen LogP contribution in [0.5, 0.6) is 0 Å². The molecule has 3 heterocycles. The molecule has 2 aliphatic rings. The molecule has 6 nitrogen and oxygen atoms in total. The maximum Gasteiger partial charge on any atom is 0.264 e. The monoisotopic (exact) mass is 376 g/mol. The van der Waals surface area contributed by atoms with Crippen molar-refractivity contribution in [3.8, 4) is 0 Å². The molecule has 1 saturated heterocycles. The first-order valence-corrected chi connectivity index (χ1v) is 9.60. The van der Waals surface area contributed by atoms with E-state index in [0.29, 0.717) is 24.1 Å². The summed E-state index contributed by atoms with van der Waals surface area (Å²) < 4.78 is 20.7. The lowest BCUT2D eigenvalue weighted by molar-refractivity contribution is -0.0804. The third-order valence-electron chi connectivity index (χ3n) is 4.71. The Morgan fingerprint density at radius 1 is 1.23 bits per heavy atom. The van der Waals surface area contributed by atoms with Crippen LogP contribution in [0, 0.1) is 12.7 Å². The summed E-state index contributed by atoms with van der Waals surface area (Å²) in [6, 6.07) is 6.23. The molecule has 1 fully saturated rings. The summed E-state index contributed by atoms with van der Waals surface area (Å²) in [6.45, 7) is 7.27. The molecule has 26 heavy (non-hydrogen) atoms. The van der Waals surface area contributed by atoms with Gasteiger partial charge in [-0.15, -0.1) is 5.10 Å². The van der Waals surface area contributed by atoms with Crippen molar-refractivity contribution < 1.29 is 13.9 Å². The van der Waals surface area contributed by atoms with E-state index in [4.69, 9.17) is 4.74 Å². The number of morpholine rings is 1. The molecule has 4 atom stereocenters. The predicted octanol–water partition coefficient (Wildman–Crippen LogP) is 2.69. The van der Waals surface area contributed by atoms with Gasteiger partial charge in [0.1, 0.15) is 16.9 Å². The van der Waals surface area contributed by atoms with Gasteiger partial charge in [0.05, 0.1) is 18.2 Å². The van der Waals surface area contributed by atoms with Crippen molar-refractivity contribution in [3.05, 3.63) is 41.5 Å². The smallest absolute Gasteiger partial charge is 0.264 e. The number of ether oxygens (including phenoxy) is 1. The molecule has 0 aliphatic carbocycles. The van der Waals surface area contributed by atoms with Crippen LogP contribution in [0.1, 0.15) is 36.1 Å². The molecule has 2 aliphatic heterocycles. The Balaban J connectivity index is 1.70. The average molecular weight is 376 g/mol. The number of rotatable bonds is 3. The molecule has 0 saturated carbocycles. The van der Waals surface area contributed by atoms with Gasteiger partial charge in [0.2, 0.25) is 0 Å². The van der Waals surface area contributed by atoms with Crippen LogP contribution in [0.3, 0.4) is 0 Å². The van der Waals surface area contributed by atoms with Crippen molar-refractivity contribution in [1.82, 2.24) is 19.7 Å². The van der Waals surface area contributed by atoms with Crippen LogP contribution in [-0.4, -0.2) is 56.1 Å². The molecule has 1 aromatic carbocycles. The SMILES string of the molecule is Cc1nc2n(n1)C(=O)C(C(c1ccc(F)cc1)N1CC(C)OC(C)C1)S2. The van der Waals surface area contributed by atoms with E-state index in [0.717, 1.165) is 5.56 Å². The van der Waals surface area contributed by atoms with Gasteiger partial charge < -0.3 is 4.74 Å². The summed E-state index contributed by atoms with van der Waals surface area (Å²) in [7, 11) is 0. The van der Waals surface area contributed by atoms with E-state index in [1.807, 2.05) is 13.8 Å². The Bertz CT molecular complexity index is 815. The quantitative estimate of drug-likeness (QED) is 0.821. The minimum atomic E-state index is -0.367. The second kappa shape index (κ2) is 6.75. The number of fused-ring (bicyclic) bond motifs is 1. The molecule has 4 unspecified atom stereocenters. The number of benzene rings is 1. The molecule has 0 amide bonds. The number of hydrogen-bond donors (Lipinski definition) is 0. The molecule has 0 spiro atoms. The molecule has 0 bridgehead atoms. The Morgan fingerprint density at radius 3 is 2.50 bits per heavy atom. The topological polar surface area (TPSA) is 60.2 Å². The molecular formula is C18H21FN4O2S. The maximum absolute atomic E-state index is 13.5. The first kappa shape index (κ1) is 17.6. The van der Waals surface area contributed by atoms with Crippen molar-refractivity contribution >= 4 is 17.7 Å². The lowest BCUT2D eigenvalue weighted by Gasteiger charge is -2.41. The van der Waals surface area contributed by atoms with Gasteiger partial charge in [-0.25, -0.2) is 9.37 Å². The third-order valence-corrected chi connectivity index (χ3v) is 5.90. The number of carbonyl (C=O) groups is 1. The first-order valence-electron chi connectivity index (χ1n) is 8.72. The summed E-state index contributed by atoms with van der Waals surface area (Å²) in [5.74, 6) is 0.227. The fraction of sp³-hybridized carbons (Fsp3) is 0.500. The van der Waals surface area contributed by atoms with Crippen molar-refractivity contribution in [2.45, 2.75) is 49.4 Å². The van der Waals surface area contributed by atoms with Gasteiger partial charge in [-0.2, -0.15) is 4.68 Å². The molecule has 2 aromatic rings. The van der Waals surface area contributed by atoms with Crippen LogP contribution < -0.4 is 0 Å². The molecular weight excluding hydrogens is 355 g/mol. The molecule has 0 radical (unpaired) electrons. The number of carbonyl (C=O) groups excluding carboxylic acids is 1. The van der Waals surface area contributed by atoms with Gasteiger partial charge in [0.15, 0.2) is 5.16 Å². The van der Waals surface area contributed by atoms with E-state index in [1.165, 1.54) is 28.6 Å². The van der Waals surface area contributed by atoms with Crippen LogP contribution in [0.2, 0.25) is 0 Å². The largest absolute Gasteiger partial charge is 0.373 e. The fourth-order valence-corrected chi connectivity index (χ4v) is 5.08. The van der Waals surface area contributed by atoms with E-state index < -0.39 is 0 Å². The van der Waals surface area contributed by atoms with Crippen molar-refractivity contribution in [3.63, 3.8) is 0 Å². The van der Waals surface area contributed by atoms with Gasteiger partial charge in [0.25, 0.3) is 5.91 Å². The average Bonchev–Trinajstić information content (AvgIpc) is 3.07. The fourth-order valence-electron chi connectivity index (χ4n) is 3.78. The normalized spacial score (nSPS) is 27.5. The standard InChI is InChI=1S/C18H21FN4O2S/c1-10-8-22(9-11(2)25-10)15(13-4-6-14(19)7-5-13)16-17(24)23-18(26-16)20-12(3)21-23/h4-7,10-11,15-16H,8-9H2,1-3H3. The second-order valence-corrected chi connectivity index (χ2v) is 8.05. The zero-order valence-electron chi connectivity index (χ0n) is 14.9. The van der Waals surface area contributed by atoms with Crippen LogP contribution >= 0.6 is 11.8 Å². The Morgan fingerprint density at radius 2 is 1.88 bits per heavy atom. The lowest BCUT2D eigenvalue weighted by atomic mass is 9.99. The van der Waals surface area contributed by atoms with E-state index in [9.17, 15) is 9.18 Å². The number of halogens is 1. The number of hydrogen-bond acceptors (Lipinski definition) is 6. The Labute approximate surface area is 155 Å². The minimum absolute atomic E-state index is 0.0700. The summed E-state index contributed by atoms with van der Waals surface area (Å²) in [5.41, 5.74) is 0.918. The van der Waals surface area contributed by atoms with Crippen LogP contribution in [0.15, 0.2) is 29.4 Å². The zero-order chi connectivity index (χ0) is 18.4.